The first-order valence-corrected chi connectivity index (χ1v) is 22.6. The zero-order valence-corrected chi connectivity index (χ0v) is 35.5. The molecule has 0 aliphatic carbocycles. The molecule has 16 aromatic carbocycles. The zero-order valence-electron chi connectivity index (χ0n) is 33.2. The molecule has 0 nitrogen and oxygen atoms in total. The zero-order chi connectivity index (χ0) is 41.1. The first-order chi connectivity index (χ1) is 31.0. The Balaban J connectivity index is 1.28. The second-order valence-corrected chi connectivity index (χ2v) is 19.1. The highest BCUT2D eigenvalue weighted by Crippen LogP contribution is 2.58. The smallest absolute Gasteiger partial charge is 0.0418 e. The molecule has 0 N–H and O–H groups in total. The van der Waals surface area contributed by atoms with E-state index in [1.54, 1.807) is 0 Å². The molecule has 0 saturated heterocycles. The summed E-state index contributed by atoms with van der Waals surface area (Å²) in [5.74, 6) is 0. The van der Waals surface area contributed by atoms with Gasteiger partial charge in [-0.2, -0.15) is 0 Å². The first-order valence-electron chi connectivity index (χ1n) is 21.5. The van der Waals surface area contributed by atoms with Gasteiger partial charge < -0.3 is 0 Å². The molecule has 0 spiro atoms. The second-order valence-electron chi connectivity index (χ2n) is 17.8. The summed E-state index contributed by atoms with van der Waals surface area (Å²) in [6.45, 7) is 0. The summed E-state index contributed by atoms with van der Waals surface area (Å²) in [4.78, 5) is 0. The van der Waals surface area contributed by atoms with Crippen LogP contribution >= 0.6 is 34.8 Å². The highest BCUT2D eigenvalue weighted by Gasteiger charge is 2.29. The van der Waals surface area contributed by atoms with Crippen LogP contribution in [-0.2, 0) is 0 Å². The van der Waals surface area contributed by atoms with Crippen molar-refractivity contribution in [1.82, 2.24) is 0 Å². The summed E-state index contributed by atoms with van der Waals surface area (Å²) in [5.41, 5.74) is 0. The molecular formula is C60H27Cl3. The minimum Gasteiger partial charge on any atom is -0.0843 e. The van der Waals surface area contributed by atoms with Crippen LogP contribution in [0.25, 0.3) is 162 Å². The predicted molar refractivity (Wildman–Crippen MR) is 278 cm³/mol. The molecule has 0 amide bonds. The highest BCUT2D eigenvalue weighted by molar-refractivity contribution is 6.58. The van der Waals surface area contributed by atoms with E-state index in [0.717, 1.165) is 15.1 Å². The van der Waals surface area contributed by atoms with Crippen LogP contribution in [0.1, 0.15) is 0 Å². The summed E-state index contributed by atoms with van der Waals surface area (Å²) >= 11 is 22.1. The Labute approximate surface area is 373 Å². The Morgan fingerprint density at radius 2 is 0.397 bits per heavy atom. The largest absolute Gasteiger partial charge is 0.0843 e. The van der Waals surface area contributed by atoms with E-state index < -0.39 is 0 Å². The summed E-state index contributed by atoms with van der Waals surface area (Å²) < 4.78 is 0. The number of benzene rings is 13. The van der Waals surface area contributed by atoms with E-state index in [1.807, 2.05) is 0 Å². The lowest BCUT2D eigenvalue weighted by molar-refractivity contribution is 1.80. The lowest BCUT2D eigenvalue weighted by Crippen LogP contribution is -1.82. The van der Waals surface area contributed by atoms with Crippen molar-refractivity contribution in [3.63, 3.8) is 0 Å². The van der Waals surface area contributed by atoms with Crippen LogP contribution in [-0.4, -0.2) is 0 Å². The summed E-state index contributed by atoms with van der Waals surface area (Å²) in [6.07, 6.45) is 0. The molecule has 63 heavy (non-hydrogen) atoms. The van der Waals surface area contributed by atoms with Crippen molar-refractivity contribution in [2.24, 2.45) is 0 Å². The molecule has 0 fully saturated rings. The monoisotopic (exact) mass is 852 g/mol. The first kappa shape index (κ1) is 33.7. The van der Waals surface area contributed by atoms with Gasteiger partial charge in [-0.3, -0.25) is 0 Å². The van der Waals surface area contributed by atoms with Crippen molar-refractivity contribution in [3.05, 3.63) is 179 Å². The fourth-order valence-corrected chi connectivity index (χ4v) is 13.3. The summed E-state index contributed by atoms with van der Waals surface area (Å²) in [7, 11) is 0. The van der Waals surface area contributed by atoms with Crippen LogP contribution in [0, 0.1) is 0 Å². The maximum atomic E-state index is 7.37. The van der Waals surface area contributed by atoms with Gasteiger partial charge in [-0.1, -0.05) is 144 Å². The van der Waals surface area contributed by atoms with Crippen molar-refractivity contribution in [2.75, 3.05) is 0 Å². The van der Waals surface area contributed by atoms with E-state index >= 15 is 0 Å². The Hall–Kier alpha value is -6.93. The average Bonchev–Trinajstić information content (AvgIpc) is 3.91. The maximum Gasteiger partial charge on any atom is 0.0418 e. The fourth-order valence-electron chi connectivity index (χ4n) is 12.6. The minimum absolute atomic E-state index is 0.728. The van der Waals surface area contributed by atoms with Gasteiger partial charge in [0.05, 0.1) is 0 Å². The molecule has 0 saturated carbocycles. The molecule has 0 unspecified atom stereocenters. The van der Waals surface area contributed by atoms with Crippen molar-refractivity contribution in [3.8, 4) is 0 Å². The van der Waals surface area contributed by atoms with Gasteiger partial charge in [0.25, 0.3) is 0 Å². The average molecular weight is 854 g/mol. The van der Waals surface area contributed by atoms with Crippen LogP contribution in [0.5, 0.6) is 0 Å². The Morgan fingerprint density at radius 3 is 0.683 bits per heavy atom. The van der Waals surface area contributed by atoms with E-state index in [0.29, 0.717) is 0 Å². The van der Waals surface area contributed by atoms with Gasteiger partial charge in [-0.05, 0) is 216 Å². The second kappa shape index (κ2) is 11.4. The molecular weight excluding hydrogens is 827 g/mol. The third-order valence-electron chi connectivity index (χ3n) is 14.8. The van der Waals surface area contributed by atoms with Gasteiger partial charge in [0, 0.05) is 15.1 Å². The van der Waals surface area contributed by atoms with Gasteiger partial charge in [0.1, 0.15) is 0 Å². The van der Waals surface area contributed by atoms with Crippen LogP contribution in [0.4, 0.5) is 0 Å². The highest BCUT2D eigenvalue weighted by atomic mass is 35.5. The standard InChI is InChI=1S/C60H27Cl3/c61-34-22-43-49-31(16-13-28-7-1-4-10-37(28)49)19-40-52(43)46(25-34)58-55(40)59-47-26-35(62)23-45-51-33(18-15-30-9-3-6-12-39(30)51)21-42(54(45)47)57(59)60-48-27-36(63)24-44-50-32(20-41(53(44)48)56(58)60)17-14-29-8-2-5-11-38(29)50/h1-27H. The molecule has 16 aromatic rings. The predicted octanol–water partition coefficient (Wildman–Crippen LogP) is 19.3. The maximum absolute atomic E-state index is 7.37. The number of hydrogen-bond acceptors (Lipinski definition) is 0. The van der Waals surface area contributed by atoms with E-state index in [9.17, 15) is 0 Å². The fraction of sp³-hybridized carbons (Fsp3) is 0. The van der Waals surface area contributed by atoms with Crippen molar-refractivity contribution in [2.45, 2.75) is 0 Å². The van der Waals surface area contributed by atoms with E-state index in [-0.39, 0.29) is 0 Å². The van der Waals surface area contributed by atoms with Crippen molar-refractivity contribution >= 4 is 196 Å². The Bertz CT molecular complexity index is 4300. The van der Waals surface area contributed by atoms with E-state index in [1.165, 1.54) is 162 Å². The molecule has 0 radical (unpaired) electrons. The lowest BCUT2D eigenvalue weighted by Gasteiger charge is -2.10. The lowest BCUT2D eigenvalue weighted by atomic mass is 9.94. The third kappa shape index (κ3) is 3.99. The van der Waals surface area contributed by atoms with Crippen LogP contribution in [0.15, 0.2) is 164 Å². The molecule has 0 bridgehead atoms. The molecule has 16 rings (SSSR count). The van der Waals surface area contributed by atoms with Gasteiger partial charge in [0.2, 0.25) is 0 Å². The van der Waals surface area contributed by atoms with Crippen LogP contribution in [0.2, 0.25) is 15.1 Å². The topological polar surface area (TPSA) is 0 Å². The summed E-state index contributed by atoms with van der Waals surface area (Å²) in [6, 6.07) is 60.4. The quantitative estimate of drug-likeness (QED) is 0.133. The molecule has 0 aliphatic heterocycles. The molecule has 0 aliphatic rings. The number of hydrogen-bond donors (Lipinski definition) is 0. The molecule has 3 heteroatoms. The van der Waals surface area contributed by atoms with Gasteiger partial charge in [-0.15, -0.1) is 0 Å². The molecule has 0 heterocycles. The third-order valence-corrected chi connectivity index (χ3v) is 15.5. The van der Waals surface area contributed by atoms with Crippen LogP contribution in [0.3, 0.4) is 0 Å². The molecule has 0 aromatic heterocycles. The van der Waals surface area contributed by atoms with Gasteiger partial charge in [0.15, 0.2) is 0 Å². The van der Waals surface area contributed by atoms with Crippen molar-refractivity contribution < 1.29 is 0 Å². The number of halogens is 3. The van der Waals surface area contributed by atoms with E-state index in [2.05, 4.69) is 164 Å². The van der Waals surface area contributed by atoms with E-state index in [4.69, 9.17) is 34.8 Å². The Morgan fingerprint density at radius 1 is 0.175 bits per heavy atom. The number of fused-ring (bicyclic) bond motifs is 24. The molecule has 288 valence electrons. The van der Waals surface area contributed by atoms with Gasteiger partial charge in [-0.25, -0.2) is 0 Å². The van der Waals surface area contributed by atoms with Crippen molar-refractivity contribution in [1.29, 1.82) is 0 Å². The Kier molecular flexibility index (Phi) is 6.07. The SMILES string of the molecule is Clc1cc2c3c(ccc4ccccc43)cc3c2c(c1)c1c2c4cc5ccc6ccccc6c5c5cc(Cl)cc(c54)c2c2c4cc5ccc6ccccc6c5c5cc(Cl)cc(c54)c2c31. The summed E-state index contributed by atoms with van der Waals surface area (Å²) in [5, 5.41) is 38.8. The minimum atomic E-state index is 0.728. The molecule has 0 atom stereocenters. The normalized spacial score (nSPS) is 13.0. The van der Waals surface area contributed by atoms with Gasteiger partial charge >= 0.3 is 0 Å². The van der Waals surface area contributed by atoms with Crippen LogP contribution < -0.4 is 0 Å². The number of rotatable bonds is 0.